The Morgan fingerprint density at radius 1 is 1.16 bits per heavy atom. The first-order chi connectivity index (χ1) is 11.9. The van der Waals surface area contributed by atoms with E-state index in [-0.39, 0.29) is 5.78 Å². The van der Waals surface area contributed by atoms with Crippen LogP contribution in [0.25, 0.3) is 10.9 Å². The first-order valence-electron chi connectivity index (χ1n) is 9.06. The van der Waals surface area contributed by atoms with Crippen LogP contribution in [0.15, 0.2) is 17.0 Å². The maximum Gasteiger partial charge on any atom is 0.243 e. The highest BCUT2D eigenvalue weighted by Gasteiger charge is 2.31. The van der Waals surface area contributed by atoms with E-state index in [1.165, 1.54) is 0 Å². The van der Waals surface area contributed by atoms with Crippen LogP contribution in [-0.2, 0) is 16.4 Å². The molecule has 6 heteroatoms. The number of H-pyrrole nitrogens is 1. The number of nitrogens with zero attached hydrogens (tertiary/aromatic N) is 1. The van der Waals surface area contributed by atoms with E-state index in [2.05, 4.69) is 11.9 Å². The smallest absolute Gasteiger partial charge is 0.243 e. The van der Waals surface area contributed by atoms with Gasteiger partial charge in [-0.2, -0.15) is 4.31 Å². The topological polar surface area (TPSA) is 70.2 Å². The zero-order chi connectivity index (χ0) is 17.8. The summed E-state index contributed by atoms with van der Waals surface area (Å²) >= 11 is 0. The van der Waals surface area contributed by atoms with Gasteiger partial charge in [-0.25, -0.2) is 8.42 Å². The summed E-state index contributed by atoms with van der Waals surface area (Å²) in [6.07, 6.45) is 4.10. The predicted molar refractivity (Wildman–Crippen MR) is 97.5 cm³/mol. The number of nitrogens with one attached hydrogen (secondary N) is 1. The third-order valence-electron chi connectivity index (χ3n) is 5.64. The Morgan fingerprint density at radius 3 is 2.60 bits per heavy atom. The predicted octanol–water partition coefficient (Wildman–Crippen LogP) is 3.42. The van der Waals surface area contributed by atoms with Crippen LogP contribution in [-0.4, -0.2) is 36.6 Å². The number of aromatic nitrogens is 1. The first-order valence-corrected chi connectivity index (χ1v) is 10.5. The van der Waals surface area contributed by atoms with Crippen LogP contribution in [0.4, 0.5) is 0 Å². The average Bonchev–Trinajstić information content (AvgIpc) is 2.93. The minimum Gasteiger partial charge on any atom is -0.358 e. The average molecular weight is 360 g/mol. The van der Waals surface area contributed by atoms with Gasteiger partial charge in [-0.15, -0.1) is 0 Å². The molecule has 0 radical (unpaired) electrons. The fraction of sp³-hybridized carbons (Fsp3) is 0.526. The molecule has 134 valence electrons. The van der Waals surface area contributed by atoms with Gasteiger partial charge in [-0.3, -0.25) is 4.79 Å². The molecule has 1 aliphatic heterocycles. The van der Waals surface area contributed by atoms with E-state index >= 15 is 0 Å². The molecule has 2 aromatic rings. The lowest BCUT2D eigenvalue weighted by Crippen LogP contribution is -2.38. The largest absolute Gasteiger partial charge is 0.358 e. The molecule has 0 amide bonds. The second kappa shape index (κ2) is 5.95. The lowest BCUT2D eigenvalue weighted by Gasteiger charge is -2.29. The van der Waals surface area contributed by atoms with Gasteiger partial charge in [0.25, 0.3) is 0 Å². The molecule has 1 saturated heterocycles. The van der Waals surface area contributed by atoms with Gasteiger partial charge in [-0.1, -0.05) is 6.92 Å². The molecule has 0 unspecified atom stereocenters. The fourth-order valence-corrected chi connectivity index (χ4v) is 5.79. The normalized spacial score (nSPS) is 20.2. The number of hydrogen-bond acceptors (Lipinski definition) is 3. The molecule has 1 N–H and O–H groups in total. The number of ketones is 1. The molecule has 1 aliphatic carbocycles. The van der Waals surface area contributed by atoms with Crippen molar-refractivity contribution in [1.82, 2.24) is 9.29 Å². The van der Waals surface area contributed by atoms with Crippen LogP contribution >= 0.6 is 0 Å². The molecular formula is C19H24N2O3S. The van der Waals surface area contributed by atoms with Gasteiger partial charge < -0.3 is 4.98 Å². The Morgan fingerprint density at radius 2 is 1.88 bits per heavy atom. The highest BCUT2D eigenvalue weighted by molar-refractivity contribution is 7.89. The van der Waals surface area contributed by atoms with E-state index < -0.39 is 10.0 Å². The molecule has 0 bridgehead atoms. The SMILES string of the molecule is Cc1cc2c3c([nH]c2cc1S(=O)(=O)N1CCC(C)CC1)CCCC3=O. The molecule has 2 heterocycles. The van der Waals surface area contributed by atoms with Crippen LogP contribution in [0.2, 0.25) is 0 Å². The monoisotopic (exact) mass is 360 g/mol. The molecule has 0 atom stereocenters. The number of carbonyl (C=O) groups is 1. The zero-order valence-corrected chi connectivity index (χ0v) is 15.6. The lowest BCUT2D eigenvalue weighted by atomic mass is 9.94. The fourth-order valence-electron chi connectivity index (χ4n) is 4.08. The number of carbonyl (C=O) groups excluding carboxylic acids is 1. The maximum atomic E-state index is 13.1. The molecule has 25 heavy (non-hydrogen) atoms. The van der Waals surface area contributed by atoms with E-state index in [1.807, 2.05) is 13.0 Å². The van der Waals surface area contributed by atoms with Crippen LogP contribution in [0, 0.1) is 12.8 Å². The van der Waals surface area contributed by atoms with Crippen molar-refractivity contribution in [3.63, 3.8) is 0 Å². The van der Waals surface area contributed by atoms with Gasteiger partial charge in [-0.05, 0) is 56.2 Å². The van der Waals surface area contributed by atoms with Gasteiger partial charge in [0.15, 0.2) is 5.78 Å². The Hall–Kier alpha value is -1.66. The number of piperidine rings is 1. The summed E-state index contributed by atoms with van der Waals surface area (Å²) in [7, 11) is -3.49. The minimum absolute atomic E-state index is 0.160. The summed E-state index contributed by atoms with van der Waals surface area (Å²) in [5, 5.41) is 0.864. The Balaban J connectivity index is 1.80. The molecule has 1 aromatic heterocycles. The Bertz CT molecular complexity index is 951. The quantitative estimate of drug-likeness (QED) is 0.892. The van der Waals surface area contributed by atoms with Crippen molar-refractivity contribution in [3.8, 4) is 0 Å². The number of Topliss-reactive ketones (excluding diaryl/α,β-unsaturated/α-hetero) is 1. The third-order valence-corrected chi connectivity index (χ3v) is 7.68. The number of hydrogen-bond donors (Lipinski definition) is 1. The number of aromatic amines is 1. The van der Waals surface area contributed by atoms with Crippen LogP contribution < -0.4 is 0 Å². The molecule has 0 saturated carbocycles. The number of sulfonamides is 1. The number of rotatable bonds is 2. The summed E-state index contributed by atoms with van der Waals surface area (Å²) < 4.78 is 27.8. The van der Waals surface area contributed by atoms with Crippen molar-refractivity contribution >= 4 is 26.7 Å². The van der Waals surface area contributed by atoms with Gasteiger partial charge in [0.1, 0.15) is 0 Å². The number of benzene rings is 1. The van der Waals surface area contributed by atoms with E-state index in [0.29, 0.717) is 35.9 Å². The molecule has 2 aliphatic rings. The van der Waals surface area contributed by atoms with Crippen molar-refractivity contribution in [3.05, 3.63) is 29.0 Å². The minimum atomic E-state index is -3.49. The second-order valence-corrected chi connectivity index (χ2v) is 9.41. The van der Waals surface area contributed by atoms with Crippen molar-refractivity contribution < 1.29 is 13.2 Å². The van der Waals surface area contributed by atoms with Crippen LogP contribution in [0.5, 0.6) is 0 Å². The van der Waals surface area contributed by atoms with Crippen LogP contribution in [0.3, 0.4) is 0 Å². The van der Waals surface area contributed by atoms with E-state index in [1.54, 1.807) is 10.4 Å². The molecule has 4 rings (SSSR count). The molecule has 1 aromatic carbocycles. The summed E-state index contributed by atoms with van der Waals surface area (Å²) in [5.41, 5.74) is 3.19. The number of fused-ring (bicyclic) bond motifs is 3. The number of aryl methyl sites for hydroxylation is 2. The summed E-state index contributed by atoms with van der Waals surface area (Å²) in [4.78, 5) is 15.9. The van der Waals surface area contributed by atoms with Gasteiger partial charge in [0.05, 0.1) is 4.90 Å². The standard InChI is InChI=1S/C19H24N2O3S/c1-12-6-8-21(9-7-12)25(23,24)18-11-16-14(10-13(18)2)19-15(20-16)4-3-5-17(19)22/h10-12,20H,3-9H2,1-2H3. The third kappa shape index (κ3) is 2.72. The van der Waals surface area contributed by atoms with E-state index in [9.17, 15) is 13.2 Å². The van der Waals surface area contributed by atoms with Gasteiger partial charge in [0.2, 0.25) is 10.0 Å². The first kappa shape index (κ1) is 16.8. The highest BCUT2D eigenvalue weighted by atomic mass is 32.2. The molecule has 1 fully saturated rings. The summed E-state index contributed by atoms with van der Waals surface area (Å²) in [6, 6.07) is 3.59. The molecule has 5 nitrogen and oxygen atoms in total. The lowest BCUT2D eigenvalue weighted by molar-refractivity contribution is 0.0974. The maximum absolute atomic E-state index is 13.1. The van der Waals surface area contributed by atoms with Gasteiger partial charge in [0, 0.05) is 41.7 Å². The van der Waals surface area contributed by atoms with Crippen molar-refractivity contribution in [1.29, 1.82) is 0 Å². The second-order valence-electron chi connectivity index (χ2n) is 7.51. The van der Waals surface area contributed by atoms with Crippen molar-refractivity contribution in [2.24, 2.45) is 5.92 Å². The zero-order valence-electron chi connectivity index (χ0n) is 14.8. The van der Waals surface area contributed by atoms with Crippen LogP contribution in [0.1, 0.15) is 54.2 Å². The van der Waals surface area contributed by atoms with Gasteiger partial charge >= 0.3 is 0 Å². The van der Waals surface area contributed by atoms with E-state index in [4.69, 9.17) is 0 Å². The summed E-state index contributed by atoms with van der Waals surface area (Å²) in [6.45, 7) is 5.16. The van der Waals surface area contributed by atoms with Crippen molar-refractivity contribution in [2.75, 3.05) is 13.1 Å². The highest BCUT2D eigenvalue weighted by Crippen LogP contribution is 2.33. The van der Waals surface area contributed by atoms with Crippen molar-refractivity contribution in [2.45, 2.75) is 50.8 Å². The molecule has 0 spiro atoms. The summed E-state index contributed by atoms with van der Waals surface area (Å²) in [5.74, 6) is 0.740. The Kier molecular flexibility index (Phi) is 4.00. The van der Waals surface area contributed by atoms with E-state index in [0.717, 1.165) is 47.8 Å². The molecular weight excluding hydrogens is 336 g/mol. The Labute approximate surface area is 148 Å².